The third kappa shape index (κ3) is 3.47. The molecule has 0 fully saturated rings. The summed E-state index contributed by atoms with van der Waals surface area (Å²) in [6.07, 6.45) is 0. The van der Waals surface area contributed by atoms with E-state index < -0.39 is 0 Å². The highest BCUT2D eigenvalue weighted by molar-refractivity contribution is 5.82. The Balaban J connectivity index is 1.62. The summed E-state index contributed by atoms with van der Waals surface area (Å²) >= 11 is 0. The number of hydrogen-bond donors (Lipinski definition) is 1. The molecule has 0 saturated heterocycles. The predicted molar refractivity (Wildman–Crippen MR) is 107 cm³/mol. The number of guanidine groups is 1. The van der Waals surface area contributed by atoms with Crippen molar-refractivity contribution in [3.05, 3.63) is 108 Å². The molecule has 130 valence electrons. The molecule has 0 amide bonds. The Morgan fingerprint density at radius 2 is 1.31 bits per heavy atom. The van der Waals surface area contributed by atoms with Crippen molar-refractivity contribution in [1.29, 1.82) is 0 Å². The van der Waals surface area contributed by atoms with Gasteiger partial charge < -0.3 is 10.2 Å². The van der Waals surface area contributed by atoms with Gasteiger partial charge in [0.1, 0.15) is 6.04 Å². The maximum absolute atomic E-state index is 5.04. The minimum Gasteiger partial charge on any atom is -0.347 e. The van der Waals surface area contributed by atoms with E-state index in [0.29, 0.717) is 0 Å². The largest absolute Gasteiger partial charge is 0.347 e. The van der Waals surface area contributed by atoms with Crippen LogP contribution in [0.25, 0.3) is 0 Å². The SMILES string of the molecule is CN(Cc1ccccc1)C1=NC(c2ccccc2)C(c2ccccc2)N1. The zero-order chi connectivity index (χ0) is 17.8. The Labute approximate surface area is 155 Å². The molecule has 3 heteroatoms. The lowest BCUT2D eigenvalue weighted by atomic mass is 9.95. The Morgan fingerprint density at radius 1 is 0.769 bits per heavy atom. The van der Waals surface area contributed by atoms with Crippen LogP contribution < -0.4 is 5.32 Å². The summed E-state index contributed by atoms with van der Waals surface area (Å²) in [5.74, 6) is 0.941. The third-order valence-electron chi connectivity index (χ3n) is 4.79. The van der Waals surface area contributed by atoms with Gasteiger partial charge in [-0.2, -0.15) is 0 Å². The van der Waals surface area contributed by atoms with Crippen molar-refractivity contribution in [1.82, 2.24) is 10.2 Å². The second kappa shape index (κ2) is 7.44. The highest BCUT2D eigenvalue weighted by Crippen LogP contribution is 2.36. The standard InChI is InChI=1S/C23H23N3/c1-26(17-18-11-5-2-6-12-18)23-24-21(19-13-7-3-8-14-19)22(25-23)20-15-9-4-10-16-20/h2-16,21-22H,17H2,1H3,(H,24,25). The molecule has 0 aromatic heterocycles. The highest BCUT2D eigenvalue weighted by Gasteiger charge is 2.32. The monoisotopic (exact) mass is 341 g/mol. The molecule has 3 nitrogen and oxygen atoms in total. The van der Waals surface area contributed by atoms with Crippen molar-refractivity contribution < 1.29 is 0 Å². The van der Waals surface area contributed by atoms with E-state index in [1.54, 1.807) is 0 Å². The Morgan fingerprint density at radius 3 is 1.92 bits per heavy atom. The summed E-state index contributed by atoms with van der Waals surface area (Å²) in [6, 6.07) is 31.8. The molecule has 3 aromatic carbocycles. The molecule has 2 atom stereocenters. The molecule has 26 heavy (non-hydrogen) atoms. The van der Waals surface area contributed by atoms with Gasteiger partial charge in [-0.05, 0) is 16.7 Å². The van der Waals surface area contributed by atoms with Gasteiger partial charge in [0.05, 0.1) is 6.04 Å². The van der Waals surface area contributed by atoms with Crippen LogP contribution in [0.4, 0.5) is 0 Å². The van der Waals surface area contributed by atoms with Crippen molar-refractivity contribution >= 4 is 5.96 Å². The minimum absolute atomic E-state index is 0.0758. The number of aliphatic imine (C=N–C) groups is 1. The first-order valence-corrected chi connectivity index (χ1v) is 9.00. The van der Waals surface area contributed by atoms with Crippen LogP contribution in [0.1, 0.15) is 28.8 Å². The van der Waals surface area contributed by atoms with Gasteiger partial charge >= 0.3 is 0 Å². The van der Waals surface area contributed by atoms with Gasteiger partial charge in [0, 0.05) is 13.6 Å². The van der Waals surface area contributed by atoms with Crippen LogP contribution in [-0.2, 0) is 6.54 Å². The molecule has 0 saturated carbocycles. The zero-order valence-corrected chi connectivity index (χ0v) is 14.9. The van der Waals surface area contributed by atoms with Crippen molar-refractivity contribution in [2.24, 2.45) is 4.99 Å². The Bertz CT molecular complexity index is 860. The maximum atomic E-state index is 5.04. The normalized spacial score (nSPS) is 18.9. The summed E-state index contributed by atoms with van der Waals surface area (Å²) in [4.78, 5) is 7.23. The number of rotatable bonds is 4. The highest BCUT2D eigenvalue weighted by atomic mass is 15.3. The van der Waals surface area contributed by atoms with E-state index >= 15 is 0 Å². The van der Waals surface area contributed by atoms with Crippen LogP contribution in [0.5, 0.6) is 0 Å². The Hall–Kier alpha value is -3.07. The molecule has 0 bridgehead atoms. The molecule has 1 aliphatic heterocycles. The lowest BCUT2D eigenvalue weighted by Crippen LogP contribution is -2.36. The van der Waals surface area contributed by atoms with E-state index in [9.17, 15) is 0 Å². The fourth-order valence-electron chi connectivity index (χ4n) is 3.45. The fraction of sp³-hybridized carbons (Fsp3) is 0.174. The van der Waals surface area contributed by atoms with Crippen molar-refractivity contribution in [3.63, 3.8) is 0 Å². The first kappa shape index (κ1) is 16.4. The van der Waals surface area contributed by atoms with Crippen LogP contribution in [0.2, 0.25) is 0 Å². The van der Waals surface area contributed by atoms with Gasteiger partial charge in [-0.1, -0.05) is 91.0 Å². The van der Waals surface area contributed by atoms with E-state index in [0.717, 1.165) is 12.5 Å². The molecule has 1 N–H and O–H groups in total. The molecule has 0 spiro atoms. The van der Waals surface area contributed by atoms with Crippen LogP contribution in [-0.4, -0.2) is 17.9 Å². The topological polar surface area (TPSA) is 27.6 Å². The second-order valence-corrected chi connectivity index (χ2v) is 6.68. The van der Waals surface area contributed by atoms with Crippen LogP contribution in [0, 0.1) is 0 Å². The number of nitrogens with zero attached hydrogens (tertiary/aromatic N) is 2. The first-order chi connectivity index (χ1) is 12.8. The average Bonchev–Trinajstić information content (AvgIpc) is 3.16. The van der Waals surface area contributed by atoms with E-state index in [-0.39, 0.29) is 12.1 Å². The van der Waals surface area contributed by atoms with Crippen molar-refractivity contribution in [2.75, 3.05) is 7.05 Å². The van der Waals surface area contributed by atoms with Crippen LogP contribution >= 0.6 is 0 Å². The smallest absolute Gasteiger partial charge is 0.195 e. The van der Waals surface area contributed by atoms with Crippen LogP contribution in [0.15, 0.2) is 96.0 Å². The molecule has 3 aromatic rings. The maximum Gasteiger partial charge on any atom is 0.195 e. The number of benzene rings is 3. The third-order valence-corrected chi connectivity index (χ3v) is 4.79. The number of hydrogen-bond acceptors (Lipinski definition) is 3. The van der Waals surface area contributed by atoms with Gasteiger partial charge in [-0.3, -0.25) is 0 Å². The summed E-state index contributed by atoms with van der Waals surface area (Å²) in [6.45, 7) is 0.829. The molecule has 0 aliphatic carbocycles. The molecule has 2 unspecified atom stereocenters. The van der Waals surface area contributed by atoms with Crippen molar-refractivity contribution in [2.45, 2.75) is 18.6 Å². The van der Waals surface area contributed by atoms with E-state index in [1.165, 1.54) is 16.7 Å². The fourth-order valence-corrected chi connectivity index (χ4v) is 3.45. The molecule has 1 aliphatic rings. The average molecular weight is 341 g/mol. The summed E-state index contributed by atoms with van der Waals surface area (Å²) < 4.78 is 0. The zero-order valence-electron chi connectivity index (χ0n) is 14.9. The van der Waals surface area contributed by atoms with Gasteiger partial charge in [-0.15, -0.1) is 0 Å². The molecular formula is C23H23N3. The molecular weight excluding hydrogens is 318 g/mol. The van der Waals surface area contributed by atoms with Gasteiger partial charge in [-0.25, -0.2) is 4.99 Å². The summed E-state index contributed by atoms with van der Waals surface area (Å²) in [5, 5.41) is 3.65. The van der Waals surface area contributed by atoms with E-state index in [4.69, 9.17) is 4.99 Å². The van der Waals surface area contributed by atoms with E-state index in [2.05, 4.69) is 102 Å². The van der Waals surface area contributed by atoms with Gasteiger partial charge in [0.2, 0.25) is 0 Å². The lowest BCUT2D eigenvalue weighted by Gasteiger charge is -2.22. The second-order valence-electron chi connectivity index (χ2n) is 6.68. The van der Waals surface area contributed by atoms with E-state index in [1.807, 2.05) is 6.07 Å². The van der Waals surface area contributed by atoms with Crippen LogP contribution in [0.3, 0.4) is 0 Å². The first-order valence-electron chi connectivity index (χ1n) is 9.00. The quantitative estimate of drug-likeness (QED) is 0.753. The predicted octanol–water partition coefficient (Wildman–Crippen LogP) is 4.56. The van der Waals surface area contributed by atoms with Gasteiger partial charge in [0.15, 0.2) is 5.96 Å². The summed E-state index contributed by atoms with van der Waals surface area (Å²) in [7, 11) is 2.09. The molecule has 4 rings (SSSR count). The lowest BCUT2D eigenvalue weighted by molar-refractivity contribution is 0.477. The Kier molecular flexibility index (Phi) is 4.69. The number of nitrogens with one attached hydrogen (secondary N) is 1. The summed E-state index contributed by atoms with van der Waals surface area (Å²) in [5.41, 5.74) is 3.77. The minimum atomic E-state index is 0.0758. The van der Waals surface area contributed by atoms with Crippen molar-refractivity contribution in [3.8, 4) is 0 Å². The molecule has 0 radical (unpaired) electrons. The van der Waals surface area contributed by atoms with Gasteiger partial charge in [0.25, 0.3) is 0 Å². The molecule has 1 heterocycles.